The number of hydrogen-bond acceptors (Lipinski definition) is 5. The maximum absolute atomic E-state index is 10.2. The third-order valence-corrected chi connectivity index (χ3v) is 1.04. The lowest BCUT2D eigenvalue weighted by Gasteiger charge is -2.19. The van der Waals surface area contributed by atoms with Crippen LogP contribution >= 0.6 is 0 Å². The van der Waals surface area contributed by atoms with Crippen LogP contribution in [-0.4, -0.2) is 23.0 Å². The summed E-state index contributed by atoms with van der Waals surface area (Å²) in [6, 6.07) is 0. The highest BCUT2D eigenvalue weighted by Gasteiger charge is 2.31. The van der Waals surface area contributed by atoms with Gasteiger partial charge in [-0.05, 0) is 0 Å². The number of hydrogen-bond donors (Lipinski definition) is 4. The van der Waals surface area contributed by atoms with E-state index >= 15 is 0 Å². The molecule has 0 rings (SSSR count). The maximum Gasteiger partial charge on any atom is 0.340 e. The second-order valence-electron chi connectivity index (χ2n) is 1.79. The van der Waals surface area contributed by atoms with Crippen molar-refractivity contribution in [1.82, 2.24) is 5.43 Å². The van der Waals surface area contributed by atoms with Crippen molar-refractivity contribution in [3.8, 4) is 0 Å². The molecule has 10 heavy (non-hydrogen) atoms. The molecule has 0 amide bonds. The first-order chi connectivity index (χ1) is 4.56. The standard InChI is InChI=1S/C4H9N3O3/c5-4(7-6,1-2-8)3(9)10/h2,7H,1,5-6H2,(H,9,10). The van der Waals surface area contributed by atoms with Crippen molar-refractivity contribution in [3.05, 3.63) is 0 Å². The van der Waals surface area contributed by atoms with Crippen molar-refractivity contribution >= 4 is 12.3 Å². The van der Waals surface area contributed by atoms with Crippen molar-refractivity contribution in [2.45, 2.75) is 12.1 Å². The van der Waals surface area contributed by atoms with Crippen LogP contribution in [0.25, 0.3) is 0 Å². The number of carboxylic acid groups (broad SMARTS) is 1. The molecule has 0 aromatic carbocycles. The molecule has 0 aromatic heterocycles. The van der Waals surface area contributed by atoms with E-state index in [1.165, 1.54) is 0 Å². The molecule has 0 heterocycles. The first kappa shape index (κ1) is 9.02. The number of carbonyl (C=O) groups is 2. The van der Waals surface area contributed by atoms with Gasteiger partial charge in [0.05, 0.1) is 0 Å². The zero-order valence-corrected chi connectivity index (χ0v) is 5.20. The Morgan fingerprint density at radius 1 is 1.80 bits per heavy atom. The summed E-state index contributed by atoms with van der Waals surface area (Å²) < 4.78 is 0. The van der Waals surface area contributed by atoms with E-state index in [1.54, 1.807) is 0 Å². The minimum absolute atomic E-state index is 0.362. The van der Waals surface area contributed by atoms with Crippen LogP contribution in [0.4, 0.5) is 0 Å². The molecule has 6 nitrogen and oxygen atoms in total. The van der Waals surface area contributed by atoms with Crippen molar-refractivity contribution in [1.29, 1.82) is 0 Å². The summed E-state index contributed by atoms with van der Waals surface area (Å²) in [6.07, 6.45) is 0.0206. The van der Waals surface area contributed by atoms with Gasteiger partial charge in [-0.1, -0.05) is 0 Å². The highest BCUT2D eigenvalue weighted by molar-refractivity contribution is 5.81. The maximum atomic E-state index is 10.2. The predicted molar refractivity (Wildman–Crippen MR) is 32.6 cm³/mol. The molecule has 0 aliphatic carbocycles. The molecule has 58 valence electrons. The number of aldehydes is 1. The molecule has 0 fully saturated rings. The minimum atomic E-state index is -1.83. The number of rotatable bonds is 4. The Hall–Kier alpha value is -0.980. The minimum Gasteiger partial charge on any atom is -0.479 e. The number of nitrogens with two attached hydrogens (primary N) is 2. The van der Waals surface area contributed by atoms with Crippen molar-refractivity contribution in [2.24, 2.45) is 11.6 Å². The van der Waals surface area contributed by atoms with Crippen LogP contribution in [0.5, 0.6) is 0 Å². The van der Waals surface area contributed by atoms with E-state index in [0.29, 0.717) is 6.29 Å². The molecule has 1 atom stereocenters. The van der Waals surface area contributed by atoms with Crippen LogP contribution in [-0.2, 0) is 9.59 Å². The quantitative estimate of drug-likeness (QED) is 0.155. The largest absolute Gasteiger partial charge is 0.479 e. The molecule has 0 saturated heterocycles. The summed E-state index contributed by atoms with van der Waals surface area (Å²) in [4.78, 5) is 20.1. The average molecular weight is 147 g/mol. The smallest absolute Gasteiger partial charge is 0.340 e. The zero-order chi connectivity index (χ0) is 8.20. The van der Waals surface area contributed by atoms with Crippen LogP contribution in [0, 0.1) is 0 Å². The molecule has 6 heteroatoms. The Bertz CT molecular complexity index is 149. The fourth-order valence-corrected chi connectivity index (χ4v) is 0.339. The van der Waals surface area contributed by atoms with Gasteiger partial charge in [-0.15, -0.1) is 0 Å². The van der Waals surface area contributed by atoms with Crippen LogP contribution in [0.3, 0.4) is 0 Å². The topological polar surface area (TPSA) is 118 Å². The van der Waals surface area contributed by atoms with Gasteiger partial charge in [0.15, 0.2) is 5.66 Å². The number of hydrazine groups is 1. The van der Waals surface area contributed by atoms with Gasteiger partial charge in [-0.25, -0.2) is 10.2 Å². The number of nitrogens with one attached hydrogen (secondary N) is 1. The lowest BCUT2D eigenvalue weighted by molar-refractivity contribution is -0.146. The van der Waals surface area contributed by atoms with Gasteiger partial charge in [0.1, 0.15) is 6.29 Å². The Labute approximate surface area is 57.2 Å². The summed E-state index contributed by atoms with van der Waals surface area (Å²) in [5, 5.41) is 8.34. The van der Waals surface area contributed by atoms with Crippen LogP contribution < -0.4 is 17.0 Å². The molecule has 0 radical (unpaired) electrons. The molecule has 0 saturated carbocycles. The Kier molecular flexibility index (Phi) is 2.94. The molecule has 6 N–H and O–H groups in total. The van der Waals surface area contributed by atoms with Gasteiger partial charge >= 0.3 is 5.97 Å². The monoisotopic (exact) mass is 147 g/mol. The molecule has 0 aliphatic rings. The van der Waals surface area contributed by atoms with Crippen molar-refractivity contribution < 1.29 is 14.7 Å². The summed E-state index contributed by atoms with van der Waals surface area (Å²) in [7, 11) is 0. The van der Waals surface area contributed by atoms with Crippen molar-refractivity contribution in [2.75, 3.05) is 0 Å². The Balaban J connectivity index is 4.21. The van der Waals surface area contributed by atoms with Gasteiger partial charge < -0.3 is 15.6 Å². The van der Waals surface area contributed by atoms with Gasteiger partial charge in [0.25, 0.3) is 0 Å². The lowest BCUT2D eigenvalue weighted by Crippen LogP contribution is -2.62. The fraction of sp³-hybridized carbons (Fsp3) is 0.500. The second kappa shape index (κ2) is 3.25. The predicted octanol–water partition coefficient (Wildman–Crippen LogP) is -2.22. The van der Waals surface area contributed by atoms with E-state index in [4.69, 9.17) is 16.7 Å². The first-order valence-electron chi connectivity index (χ1n) is 2.50. The van der Waals surface area contributed by atoms with Crippen LogP contribution in [0.15, 0.2) is 0 Å². The third kappa shape index (κ3) is 1.76. The zero-order valence-electron chi connectivity index (χ0n) is 5.20. The van der Waals surface area contributed by atoms with Crippen LogP contribution in [0.1, 0.15) is 6.42 Å². The van der Waals surface area contributed by atoms with E-state index in [1.807, 2.05) is 5.43 Å². The van der Waals surface area contributed by atoms with Gasteiger partial charge in [-0.3, -0.25) is 5.84 Å². The first-order valence-corrected chi connectivity index (χ1v) is 2.50. The van der Waals surface area contributed by atoms with Gasteiger partial charge in [0.2, 0.25) is 0 Å². The summed E-state index contributed by atoms with van der Waals surface area (Å²) in [5.74, 6) is 3.42. The molecule has 0 aliphatic heterocycles. The molecular formula is C4H9N3O3. The number of aliphatic carboxylic acids is 1. The highest BCUT2D eigenvalue weighted by atomic mass is 16.4. The van der Waals surface area contributed by atoms with Crippen LogP contribution in [0.2, 0.25) is 0 Å². The van der Waals surface area contributed by atoms with E-state index in [-0.39, 0.29) is 6.42 Å². The highest BCUT2D eigenvalue weighted by Crippen LogP contribution is 1.96. The molecule has 0 aromatic rings. The molecular weight excluding hydrogens is 138 g/mol. The van der Waals surface area contributed by atoms with E-state index in [9.17, 15) is 9.59 Å². The van der Waals surface area contributed by atoms with E-state index in [0.717, 1.165) is 0 Å². The SMILES string of the molecule is NNC(N)(CC=O)C(=O)O. The van der Waals surface area contributed by atoms with E-state index < -0.39 is 11.6 Å². The number of carboxylic acids is 1. The van der Waals surface area contributed by atoms with E-state index in [2.05, 4.69) is 0 Å². The fourth-order valence-electron chi connectivity index (χ4n) is 0.339. The van der Waals surface area contributed by atoms with Crippen molar-refractivity contribution in [3.63, 3.8) is 0 Å². The Morgan fingerprint density at radius 3 is 2.40 bits per heavy atom. The lowest BCUT2D eigenvalue weighted by atomic mass is 10.1. The summed E-state index contributed by atoms with van der Waals surface area (Å²) >= 11 is 0. The third-order valence-electron chi connectivity index (χ3n) is 1.04. The number of carbonyl (C=O) groups excluding carboxylic acids is 1. The second-order valence-corrected chi connectivity index (χ2v) is 1.79. The molecule has 1 unspecified atom stereocenters. The van der Waals surface area contributed by atoms with Gasteiger partial charge in [-0.2, -0.15) is 0 Å². The molecule has 0 bridgehead atoms. The summed E-state index contributed by atoms with van der Waals surface area (Å²) in [5.41, 5.74) is 5.08. The normalized spacial score (nSPS) is 15.8. The average Bonchev–Trinajstić information content (AvgIpc) is 1.88. The van der Waals surface area contributed by atoms with Gasteiger partial charge in [0, 0.05) is 6.42 Å². The Morgan fingerprint density at radius 2 is 2.30 bits per heavy atom. The summed E-state index contributed by atoms with van der Waals surface area (Å²) in [6.45, 7) is 0. The molecule has 0 spiro atoms.